The van der Waals surface area contributed by atoms with Gasteiger partial charge < -0.3 is 37.2 Å². The number of hydrogen-bond acceptors (Lipinski definition) is 3. The molecule has 0 bridgehead atoms. The van der Waals surface area contributed by atoms with E-state index in [-0.39, 0.29) is 47.1 Å². The topological polar surface area (TPSA) is 18.5 Å². The van der Waals surface area contributed by atoms with Crippen molar-refractivity contribution in [3.63, 3.8) is 0 Å². The Balaban J connectivity index is 0.00000181. The number of rotatable bonds is 3. The molecule has 3 atom stereocenters. The van der Waals surface area contributed by atoms with Crippen molar-refractivity contribution in [3.8, 4) is 0 Å². The van der Waals surface area contributed by atoms with E-state index in [0.717, 1.165) is 19.6 Å². The van der Waals surface area contributed by atoms with Crippen LogP contribution in [0.2, 0.25) is 0 Å². The Morgan fingerprint density at radius 3 is 1.76 bits per heavy atom. The molecule has 4 rings (SSSR count). The molecular weight excluding hydrogens is 509 g/mol. The second-order valence-corrected chi connectivity index (χ2v) is 9.61. The molecule has 0 spiro atoms. The SMILES string of the molecule is CN1CC(c2ccccc2)NC[C]([Ti+3])(c2ccccc2)N(C)CC1c1ccccc1.[Cl-].[Cl-].[Cl-]. The summed E-state index contributed by atoms with van der Waals surface area (Å²) >= 11 is 2.37. The van der Waals surface area contributed by atoms with E-state index in [0.29, 0.717) is 6.04 Å². The van der Waals surface area contributed by atoms with Crippen LogP contribution in [-0.2, 0) is 24.3 Å². The maximum Gasteiger partial charge on any atom is -1.00 e. The minimum absolute atomic E-state index is 0. The zero-order valence-electron chi connectivity index (χ0n) is 19.0. The fourth-order valence-electron chi connectivity index (χ4n) is 4.42. The summed E-state index contributed by atoms with van der Waals surface area (Å²) in [6, 6.07) is 33.3. The van der Waals surface area contributed by atoms with Gasteiger partial charge in [-0.15, -0.1) is 0 Å². The van der Waals surface area contributed by atoms with Crippen molar-refractivity contribution in [1.82, 2.24) is 15.1 Å². The first-order valence-electron chi connectivity index (χ1n) is 10.6. The average molecular weight is 539 g/mol. The van der Waals surface area contributed by atoms with Gasteiger partial charge in [-0.1, -0.05) is 0 Å². The molecule has 1 aliphatic rings. The number of halogens is 3. The Labute approximate surface area is 229 Å². The van der Waals surface area contributed by atoms with Crippen molar-refractivity contribution in [2.75, 3.05) is 33.7 Å². The number of nitrogens with zero attached hydrogens (tertiary/aromatic N) is 2. The fourth-order valence-corrected chi connectivity index (χ4v) is 4.98. The van der Waals surface area contributed by atoms with Crippen LogP contribution >= 0.6 is 0 Å². The summed E-state index contributed by atoms with van der Waals surface area (Å²) < 4.78 is -0.105. The second-order valence-electron chi connectivity index (χ2n) is 8.32. The Bertz CT molecular complexity index is 933. The first kappa shape index (κ1) is 30.2. The van der Waals surface area contributed by atoms with Crippen molar-refractivity contribution in [1.29, 1.82) is 0 Å². The van der Waals surface area contributed by atoms with Gasteiger partial charge in [-0.05, 0) is 0 Å². The molecule has 3 nitrogen and oxygen atoms in total. The van der Waals surface area contributed by atoms with Gasteiger partial charge in [-0.2, -0.15) is 0 Å². The molecule has 7 heteroatoms. The molecule has 174 valence electrons. The van der Waals surface area contributed by atoms with Gasteiger partial charge in [-0.3, -0.25) is 0 Å². The summed E-state index contributed by atoms with van der Waals surface area (Å²) in [7, 11) is 4.52. The van der Waals surface area contributed by atoms with Gasteiger partial charge in [0.15, 0.2) is 0 Å². The molecule has 0 radical (unpaired) electrons. The van der Waals surface area contributed by atoms with Gasteiger partial charge in [0.25, 0.3) is 0 Å². The van der Waals surface area contributed by atoms with Crippen molar-refractivity contribution < 1.29 is 57.7 Å². The molecule has 1 saturated heterocycles. The van der Waals surface area contributed by atoms with Crippen LogP contribution in [0.15, 0.2) is 91.0 Å². The molecule has 3 aromatic rings. The molecule has 1 fully saturated rings. The predicted octanol–water partition coefficient (Wildman–Crippen LogP) is -4.65. The smallest absolute Gasteiger partial charge is 1.00 e. The number of hydrogen-bond donors (Lipinski definition) is 1. The maximum atomic E-state index is 3.92. The van der Waals surface area contributed by atoms with Crippen LogP contribution < -0.4 is 42.5 Å². The molecule has 1 aliphatic heterocycles. The fraction of sp³-hybridized carbons (Fsp3) is 0.308. The Morgan fingerprint density at radius 1 is 0.727 bits per heavy atom. The van der Waals surface area contributed by atoms with Crippen LogP contribution in [0.5, 0.6) is 0 Å². The molecular formula is C26H30Cl3N3Ti. The Hall–Kier alpha value is -0.876. The van der Waals surface area contributed by atoms with Gasteiger partial charge >= 0.3 is 193 Å². The maximum absolute atomic E-state index is 3.92. The van der Waals surface area contributed by atoms with E-state index >= 15 is 0 Å². The van der Waals surface area contributed by atoms with Crippen LogP contribution in [0.4, 0.5) is 0 Å². The third-order valence-electron chi connectivity index (χ3n) is 6.34. The van der Waals surface area contributed by atoms with Crippen LogP contribution in [0.3, 0.4) is 0 Å². The van der Waals surface area contributed by atoms with Crippen molar-refractivity contribution in [2.45, 2.75) is 15.9 Å². The van der Waals surface area contributed by atoms with E-state index in [1.807, 2.05) is 0 Å². The van der Waals surface area contributed by atoms with Gasteiger partial charge in [0.1, 0.15) is 0 Å². The van der Waals surface area contributed by atoms with E-state index < -0.39 is 0 Å². The first-order valence-corrected chi connectivity index (χ1v) is 11.4. The summed E-state index contributed by atoms with van der Waals surface area (Å²) in [4.78, 5) is 5.03. The molecule has 1 heterocycles. The van der Waals surface area contributed by atoms with Gasteiger partial charge in [0, 0.05) is 0 Å². The molecule has 3 aromatic carbocycles. The molecule has 0 aromatic heterocycles. The first-order chi connectivity index (χ1) is 14.6. The van der Waals surface area contributed by atoms with Gasteiger partial charge in [0.05, 0.1) is 0 Å². The van der Waals surface area contributed by atoms with E-state index in [1.54, 1.807) is 0 Å². The number of benzene rings is 3. The molecule has 3 unspecified atom stereocenters. The van der Waals surface area contributed by atoms with Crippen LogP contribution in [0.1, 0.15) is 28.8 Å². The normalized spacial score (nSPS) is 24.1. The third-order valence-corrected chi connectivity index (χ3v) is 7.67. The predicted molar refractivity (Wildman–Crippen MR) is 120 cm³/mol. The minimum Gasteiger partial charge on any atom is -1.00 e. The van der Waals surface area contributed by atoms with Gasteiger partial charge in [-0.25, -0.2) is 0 Å². The molecule has 0 amide bonds. The summed E-state index contributed by atoms with van der Waals surface area (Å²) in [5.41, 5.74) is 4.07. The van der Waals surface area contributed by atoms with E-state index in [4.69, 9.17) is 0 Å². The monoisotopic (exact) mass is 537 g/mol. The largest absolute Gasteiger partial charge is 1.00 e. The summed E-state index contributed by atoms with van der Waals surface area (Å²) in [5.74, 6) is 0. The summed E-state index contributed by atoms with van der Waals surface area (Å²) in [6.45, 7) is 2.82. The third kappa shape index (κ3) is 7.07. The Kier molecular flexibility index (Phi) is 12.7. The van der Waals surface area contributed by atoms with E-state index in [2.05, 4.69) is 141 Å². The van der Waals surface area contributed by atoms with Crippen LogP contribution in [0.25, 0.3) is 0 Å². The van der Waals surface area contributed by atoms with Crippen molar-refractivity contribution in [2.24, 2.45) is 0 Å². The molecule has 0 aliphatic carbocycles. The number of nitrogens with one attached hydrogen (secondary N) is 1. The van der Waals surface area contributed by atoms with E-state index in [1.165, 1.54) is 16.7 Å². The van der Waals surface area contributed by atoms with E-state index in [9.17, 15) is 0 Å². The van der Waals surface area contributed by atoms with Crippen molar-refractivity contribution in [3.05, 3.63) is 108 Å². The Morgan fingerprint density at radius 2 is 1.21 bits per heavy atom. The minimum atomic E-state index is -0.105. The molecule has 33 heavy (non-hydrogen) atoms. The zero-order chi connectivity index (χ0) is 21.0. The quantitative estimate of drug-likeness (QED) is 0.339. The second kappa shape index (κ2) is 13.9. The summed E-state index contributed by atoms with van der Waals surface area (Å²) in [6.07, 6.45) is 0. The van der Waals surface area contributed by atoms with Crippen molar-refractivity contribution >= 4 is 0 Å². The molecule has 0 saturated carbocycles. The zero-order valence-corrected chi connectivity index (χ0v) is 22.8. The number of likely N-dealkylation sites (N-methyl/N-ethyl adjacent to an activating group) is 2. The van der Waals surface area contributed by atoms with Gasteiger partial charge in [0.2, 0.25) is 0 Å². The average Bonchev–Trinajstić information content (AvgIpc) is 2.85. The standard InChI is InChI=1S/C26H30N3.3ClH.Ti/c1-28-19-24(21-12-6-3-7-13-21)27-18-25(22-14-8-4-9-15-22)29(2)20-26(28)23-16-10-5-11-17-23;;;;/h3-17,24,26-27H,18-20H2,1-2H3;3*1H;/q;;;;+3/p-3. The summed E-state index contributed by atoms with van der Waals surface area (Å²) in [5, 5.41) is 3.92. The van der Waals surface area contributed by atoms with Crippen LogP contribution in [0, 0.1) is 0 Å². The molecule has 1 N–H and O–H groups in total. The van der Waals surface area contributed by atoms with Crippen LogP contribution in [-0.4, -0.2) is 43.5 Å².